The Kier molecular flexibility index (Phi) is 58.0. The van der Waals surface area contributed by atoms with Crippen molar-refractivity contribution in [2.45, 2.75) is 355 Å². The molecule has 0 aliphatic heterocycles. The molecular weight excluding hydrogens is 1140 g/mol. The number of phosphoric ester groups is 2. The predicted octanol–water partition coefficient (Wildman–Crippen LogP) is 18.8. The summed E-state index contributed by atoms with van der Waals surface area (Å²) >= 11 is 0. The third-order valence-electron chi connectivity index (χ3n) is 15.5. The molecule has 3 N–H and O–H groups in total. The fourth-order valence-electron chi connectivity index (χ4n) is 10.1. The molecule has 0 fully saturated rings. The van der Waals surface area contributed by atoms with E-state index >= 15 is 0 Å². The van der Waals surface area contributed by atoms with Gasteiger partial charge in [-0.25, -0.2) is 9.13 Å². The molecule has 0 amide bonds. The van der Waals surface area contributed by atoms with E-state index in [1.165, 1.54) is 148 Å². The third kappa shape index (κ3) is 60.9. The van der Waals surface area contributed by atoms with Gasteiger partial charge in [-0.1, -0.05) is 286 Å². The quantitative estimate of drug-likeness (QED) is 0.0222. The number of unbranched alkanes of at least 4 members (excludes halogenated alkanes) is 36. The maximum absolute atomic E-state index is 13.0. The maximum atomic E-state index is 13.0. The van der Waals surface area contributed by atoms with Crippen molar-refractivity contribution in [2.24, 2.45) is 11.8 Å². The first-order chi connectivity index (χ1) is 41.4. The van der Waals surface area contributed by atoms with E-state index in [0.29, 0.717) is 37.5 Å². The van der Waals surface area contributed by atoms with Gasteiger partial charge in [-0.15, -0.1) is 0 Å². The monoisotopic (exact) mass is 1270 g/mol. The minimum Gasteiger partial charge on any atom is -0.462 e. The van der Waals surface area contributed by atoms with E-state index < -0.39 is 97.5 Å². The normalized spacial score (nSPS) is 14.2. The van der Waals surface area contributed by atoms with Gasteiger partial charge >= 0.3 is 39.5 Å². The summed E-state index contributed by atoms with van der Waals surface area (Å²) in [7, 11) is -9.89. The zero-order valence-electron chi connectivity index (χ0n) is 55.6. The summed E-state index contributed by atoms with van der Waals surface area (Å²) in [6.45, 7) is 9.38. The highest BCUT2D eigenvalue weighted by atomic mass is 31.2. The van der Waals surface area contributed by atoms with Crippen LogP contribution in [0.5, 0.6) is 0 Å². The molecule has 0 aliphatic rings. The molecule has 2 unspecified atom stereocenters. The summed E-state index contributed by atoms with van der Waals surface area (Å²) in [6.07, 6.45) is 43.2. The molecular formula is C67H130O17P2. The van der Waals surface area contributed by atoms with Crippen molar-refractivity contribution in [3.05, 3.63) is 0 Å². The Morgan fingerprint density at radius 3 is 0.791 bits per heavy atom. The fraction of sp³-hybridized carbons (Fsp3) is 0.940. The van der Waals surface area contributed by atoms with E-state index in [2.05, 4.69) is 41.5 Å². The molecule has 0 saturated heterocycles. The second kappa shape index (κ2) is 59.4. The summed E-state index contributed by atoms with van der Waals surface area (Å²) in [5.74, 6) is -0.756. The highest BCUT2D eigenvalue weighted by Crippen LogP contribution is 2.45. The molecule has 510 valence electrons. The predicted molar refractivity (Wildman–Crippen MR) is 345 cm³/mol. The zero-order valence-corrected chi connectivity index (χ0v) is 57.4. The average Bonchev–Trinajstić information content (AvgIpc) is 3.66. The number of esters is 4. The Hall–Kier alpha value is -1.94. The molecule has 0 aromatic rings. The fourth-order valence-corrected chi connectivity index (χ4v) is 11.6. The highest BCUT2D eigenvalue weighted by molar-refractivity contribution is 7.47. The minimum atomic E-state index is -4.95. The van der Waals surface area contributed by atoms with Crippen LogP contribution in [0.15, 0.2) is 0 Å². The van der Waals surface area contributed by atoms with Gasteiger partial charge in [0, 0.05) is 25.7 Å². The van der Waals surface area contributed by atoms with Crippen molar-refractivity contribution >= 4 is 39.5 Å². The second-order valence-corrected chi connectivity index (χ2v) is 28.1. The molecule has 0 radical (unpaired) electrons. The SMILES string of the molecule is CCCCCCCCCCCCCCCCC(=O)O[C@H](COC(=O)CCCCCCCCCCCCCCC)COP(=O)(O)OC[C@@H](O)COP(=O)(O)OC[C@@H](COC(=O)CCCCCCCCC(C)C)OC(=O)CCCCCCCCCC(C)C. The van der Waals surface area contributed by atoms with Crippen molar-refractivity contribution < 1.29 is 80.2 Å². The molecule has 0 bridgehead atoms. The number of hydrogen-bond donors (Lipinski definition) is 3. The van der Waals surface area contributed by atoms with Crippen molar-refractivity contribution in [2.75, 3.05) is 39.6 Å². The Bertz CT molecular complexity index is 1680. The van der Waals surface area contributed by atoms with Gasteiger partial charge in [0.25, 0.3) is 0 Å². The van der Waals surface area contributed by atoms with E-state index in [0.717, 1.165) is 96.3 Å². The lowest BCUT2D eigenvalue weighted by molar-refractivity contribution is -0.161. The molecule has 0 heterocycles. The summed E-state index contributed by atoms with van der Waals surface area (Å²) in [5.41, 5.74) is 0. The topological polar surface area (TPSA) is 237 Å². The van der Waals surface area contributed by atoms with Crippen LogP contribution in [-0.2, 0) is 65.4 Å². The molecule has 5 atom stereocenters. The van der Waals surface area contributed by atoms with E-state index in [1.807, 2.05) is 0 Å². The van der Waals surface area contributed by atoms with Crippen molar-refractivity contribution in [3.8, 4) is 0 Å². The Labute approximate surface area is 524 Å². The Morgan fingerprint density at radius 2 is 0.535 bits per heavy atom. The lowest BCUT2D eigenvalue weighted by Crippen LogP contribution is -2.30. The smallest absolute Gasteiger partial charge is 0.462 e. The third-order valence-corrected chi connectivity index (χ3v) is 17.4. The summed E-state index contributed by atoms with van der Waals surface area (Å²) in [5, 5.41) is 10.6. The summed E-state index contributed by atoms with van der Waals surface area (Å²) < 4.78 is 68.1. The Morgan fingerprint density at radius 1 is 0.314 bits per heavy atom. The van der Waals surface area contributed by atoms with Crippen LogP contribution in [-0.4, -0.2) is 96.7 Å². The molecule has 0 aliphatic carbocycles. The van der Waals surface area contributed by atoms with Crippen LogP contribution >= 0.6 is 15.6 Å². The number of carbonyl (C=O) groups excluding carboxylic acids is 4. The van der Waals surface area contributed by atoms with Crippen LogP contribution in [0.2, 0.25) is 0 Å². The summed E-state index contributed by atoms with van der Waals surface area (Å²) in [6, 6.07) is 0. The van der Waals surface area contributed by atoms with E-state index in [4.69, 9.17) is 37.0 Å². The van der Waals surface area contributed by atoms with Crippen molar-refractivity contribution in [3.63, 3.8) is 0 Å². The first-order valence-electron chi connectivity index (χ1n) is 35.0. The van der Waals surface area contributed by atoms with Crippen LogP contribution in [0.4, 0.5) is 0 Å². The van der Waals surface area contributed by atoms with Gasteiger partial charge in [-0.2, -0.15) is 0 Å². The number of rotatable bonds is 66. The van der Waals surface area contributed by atoms with Crippen molar-refractivity contribution in [1.29, 1.82) is 0 Å². The van der Waals surface area contributed by atoms with Crippen LogP contribution in [0, 0.1) is 11.8 Å². The molecule has 86 heavy (non-hydrogen) atoms. The molecule has 0 rings (SSSR count). The van der Waals surface area contributed by atoms with E-state index in [-0.39, 0.29) is 25.7 Å². The molecule has 0 aromatic carbocycles. The number of hydrogen-bond acceptors (Lipinski definition) is 15. The van der Waals surface area contributed by atoms with Gasteiger partial charge in [0.1, 0.15) is 19.3 Å². The van der Waals surface area contributed by atoms with Gasteiger partial charge in [0.05, 0.1) is 26.4 Å². The molecule has 0 saturated carbocycles. The van der Waals surface area contributed by atoms with Crippen LogP contribution in [0.25, 0.3) is 0 Å². The summed E-state index contributed by atoms with van der Waals surface area (Å²) in [4.78, 5) is 72.3. The average molecular weight is 1270 g/mol. The van der Waals surface area contributed by atoms with Gasteiger partial charge in [0.2, 0.25) is 0 Å². The first kappa shape index (κ1) is 84.1. The highest BCUT2D eigenvalue weighted by Gasteiger charge is 2.30. The first-order valence-corrected chi connectivity index (χ1v) is 38.0. The maximum Gasteiger partial charge on any atom is 0.472 e. The van der Waals surface area contributed by atoms with Gasteiger partial charge < -0.3 is 33.8 Å². The Balaban J connectivity index is 5.24. The largest absolute Gasteiger partial charge is 0.472 e. The number of ether oxygens (including phenoxy) is 4. The molecule has 0 aromatic heterocycles. The lowest BCUT2D eigenvalue weighted by Gasteiger charge is -2.21. The van der Waals surface area contributed by atoms with Crippen LogP contribution in [0.1, 0.15) is 337 Å². The van der Waals surface area contributed by atoms with Gasteiger partial charge in [-0.05, 0) is 37.5 Å². The molecule has 17 nitrogen and oxygen atoms in total. The lowest BCUT2D eigenvalue weighted by atomic mass is 10.0. The van der Waals surface area contributed by atoms with Crippen LogP contribution in [0.3, 0.4) is 0 Å². The van der Waals surface area contributed by atoms with Gasteiger partial charge in [0.15, 0.2) is 12.2 Å². The van der Waals surface area contributed by atoms with Crippen molar-refractivity contribution in [1.82, 2.24) is 0 Å². The number of aliphatic hydroxyl groups is 1. The molecule has 19 heteroatoms. The second-order valence-electron chi connectivity index (χ2n) is 25.2. The molecule has 0 spiro atoms. The number of aliphatic hydroxyl groups excluding tert-OH is 1. The zero-order chi connectivity index (χ0) is 63.6. The van der Waals surface area contributed by atoms with Crippen LogP contribution < -0.4 is 0 Å². The minimum absolute atomic E-state index is 0.102. The van der Waals surface area contributed by atoms with E-state index in [9.17, 15) is 43.2 Å². The number of carbonyl (C=O) groups is 4. The standard InChI is InChI=1S/C67H130O17P2/c1-7-9-11-13-15-17-19-21-23-25-27-31-39-45-51-66(71)83-62(55-77-64(69)49-43-37-30-26-24-22-20-18-16-14-12-10-8-2)57-81-85(73,74)79-53-61(68)54-80-86(75,76)82-58-63(56-78-65(70)50-44-38-34-33-36-42-48-60(5)6)84-67(72)52-46-40-32-28-29-35-41-47-59(3)4/h59-63,68H,7-58H2,1-6H3,(H,73,74)(H,75,76)/t61-,62-,63-/m1/s1. The van der Waals surface area contributed by atoms with E-state index in [1.54, 1.807) is 0 Å². The van der Waals surface area contributed by atoms with Gasteiger partial charge in [-0.3, -0.25) is 37.3 Å². The number of phosphoric acid groups is 2.